The average molecular weight is 601 g/mol. The third-order valence-electron chi connectivity index (χ3n) is 9.72. The normalized spacial score (nSPS) is 11.9. The fraction of sp³-hybridized carbons (Fsp3) is 0.0227. The molecule has 10 rings (SSSR count). The van der Waals surface area contributed by atoms with Crippen molar-refractivity contribution in [3.05, 3.63) is 157 Å². The Morgan fingerprint density at radius 2 is 1.09 bits per heavy atom. The summed E-state index contributed by atoms with van der Waals surface area (Å²) in [7, 11) is 0. The molecule has 0 aliphatic carbocycles. The number of hydrogen-bond acceptors (Lipinski definition) is 2. The molecule has 0 unspecified atom stereocenters. The number of nitrogens with zero attached hydrogens (tertiary/aromatic N) is 2. The SMILES string of the molecule is Cc1nc2ccccc2n1-c1ccc(-c2c3ccccc3c(-c3ccc4c(c3)oc3ccc5ccccc5c34)c3ccccc23)cc1. The van der Waals surface area contributed by atoms with Crippen LogP contribution in [0.15, 0.2) is 156 Å². The fourth-order valence-corrected chi connectivity index (χ4v) is 7.70. The molecule has 10 aromatic rings. The van der Waals surface area contributed by atoms with Gasteiger partial charge in [0.1, 0.15) is 17.0 Å². The molecular formula is C44H28N2O. The van der Waals surface area contributed by atoms with Gasteiger partial charge in [0.2, 0.25) is 0 Å². The molecule has 0 aliphatic heterocycles. The van der Waals surface area contributed by atoms with Crippen molar-refractivity contribution in [3.63, 3.8) is 0 Å². The molecule has 0 saturated heterocycles. The van der Waals surface area contributed by atoms with Crippen LogP contribution < -0.4 is 0 Å². The molecule has 0 radical (unpaired) electrons. The van der Waals surface area contributed by atoms with Crippen molar-refractivity contribution in [1.29, 1.82) is 0 Å². The minimum atomic E-state index is 0.906. The van der Waals surface area contributed by atoms with Crippen LogP contribution >= 0.6 is 0 Å². The Labute approximate surface area is 270 Å². The van der Waals surface area contributed by atoms with E-state index in [1.54, 1.807) is 0 Å². The number of rotatable bonds is 3. The quantitative estimate of drug-likeness (QED) is 0.189. The van der Waals surface area contributed by atoms with Crippen LogP contribution in [0.4, 0.5) is 0 Å². The van der Waals surface area contributed by atoms with Crippen molar-refractivity contribution in [2.45, 2.75) is 6.92 Å². The van der Waals surface area contributed by atoms with E-state index in [2.05, 4.69) is 157 Å². The zero-order valence-corrected chi connectivity index (χ0v) is 25.7. The largest absolute Gasteiger partial charge is 0.456 e. The predicted octanol–water partition coefficient (Wildman–Crippen LogP) is 12.0. The van der Waals surface area contributed by atoms with Crippen LogP contribution in [0.25, 0.3) is 93.2 Å². The molecule has 2 aromatic heterocycles. The first-order valence-electron chi connectivity index (χ1n) is 16.1. The number of para-hydroxylation sites is 2. The summed E-state index contributed by atoms with van der Waals surface area (Å²) in [5, 5.41) is 9.68. The first-order chi connectivity index (χ1) is 23.2. The summed E-state index contributed by atoms with van der Waals surface area (Å²) >= 11 is 0. The molecule has 220 valence electrons. The van der Waals surface area contributed by atoms with Crippen LogP contribution in [0.1, 0.15) is 5.82 Å². The van der Waals surface area contributed by atoms with Gasteiger partial charge in [-0.3, -0.25) is 4.57 Å². The van der Waals surface area contributed by atoms with Crippen molar-refractivity contribution in [2.24, 2.45) is 0 Å². The summed E-state index contributed by atoms with van der Waals surface area (Å²) in [5.41, 5.74) is 9.87. The van der Waals surface area contributed by atoms with Crippen molar-refractivity contribution >= 4 is 65.3 Å². The zero-order valence-electron chi connectivity index (χ0n) is 25.7. The van der Waals surface area contributed by atoms with E-state index in [1.165, 1.54) is 54.4 Å². The predicted molar refractivity (Wildman–Crippen MR) is 196 cm³/mol. The van der Waals surface area contributed by atoms with Gasteiger partial charge >= 0.3 is 0 Å². The Morgan fingerprint density at radius 3 is 1.81 bits per heavy atom. The highest BCUT2D eigenvalue weighted by Gasteiger charge is 2.19. The minimum Gasteiger partial charge on any atom is -0.456 e. The van der Waals surface area contributed by atoms with Crippen LogP contribution in [0.2, 0.25) is 0 Å². The highest BCUT2D eigenvalue weighted by Crippen LogP contribution is 2.45. The molecule has 0 fully saturated rings. The summed E-state index contributed by atoms with van der Waals surface area (Å²) in [4.78, 5) is 4.79. The van der Waals surface area contributed by atoms with Crippen LogP contribution in [0.3, 0.4) is 0 Å². The van der Waals surface area contributed by atoms with Crippen LogP contribution in [-0.4, -0.2) is 9.55 Å². The van der Waals surface area contributed by atoms with Crippen LogP contribution in [0.5, 0.6) is 0 Å². The molecule has 3 nitrogen and oxygen atoms in total. The maximum absolute atomic E-state index is 6.51. The van der Waals surface area contributed by atoms with Gasteiger partial charge in [-0.1, -0.05) is 109 Å². The third kappa shape index (κ3) is 3.84. The van der Waals surface area contributed by atoms with Crippen molar-refractivity contribution < 1.29 is 4.42 Å². The molecule has 47 heavy (non-hydrogen) atoms. The Bertz CT molecular complexity index is 2800. The fourth-order valence-electron chi connectivity index (χ4n) is 7.70. The summed E-state index contributed by atoms with van der Waals surface area (Å²) in [6.07, 6.45) is 0. The van der Waals surface area contributed by atoms with Gasteiger partial charge in [0, 0.05) is 16.5 Å². The summed E-state index contributed by atoms with van der Waals surface area (Å²) in [6, 6.07) is 54.4. The number of imidazole rings is 1. The zero-order chi connectivity index (χ0) is 31.1. The maximum Gasteiger partial charge on any atom is 0.136 e. The first-order valence-corrected chi connectivity index (χ1v) is 16.1. The van der Waals surface area contributed by atoms with E-state index in [4.69, 9.17) is 9.40 Å². The molecule has 0 bridgehead atoms. The summed E-state index contributed by atoms with van der Waals surface area (Å²) in [6.45, 7) is 2.07. The van der Waals surface area contributed by atoms with Crippen LogP contribution in [-0.2, 0) is 0 Å². The lowest BCUT2D eigenvalue weighted by atomic mass is 9.86. The van der Waals surface area contributed by atoms with Gasteiger partial charge in [0.25, 0.3) is 0 Å². The highest BCUT2D eigenvalue weighted by molar-refractivity contribution is 6.23. The summed E-state index contributed by atoms with van der Waals surface area (Å²) < 4.78 is 8.74. The molecule has 0 N–H and O–H groups in total. The van der Waals surface area contributed by atoms with Gasteiger partial charge in [-0.05, 0) is 104 Å². The molecular weight excluding hydrogens is 572 g/mol. The van der Waals surface area contributed by atoms with E-state index in [0.717, 1.165) is 44.7 Å². The van der Waals surface area contributed by atoms with Gasteiger partial charge in [0.05, 0.1) is 11.0 Å². The topological polar surface area (TPSA) is 31.0 Å². The molecule has 0 amide bonds. The number of aromatic nitrogens is 2. The van der Waals surface area contributed by atoms with E-state index in [1.807, 2.05) is 6.07 Å². The van der Waals surface area contributed by atoms with Crippen molar-refractivity contribution in [1.82, 2.24) is 9.55 Å². The lowest BCUT2D eigenvalue weighted by molar-refractivity contribution is 0.669. The van der Waals surface area contributed by atoms with E-state index in [-0.39, 0.29) is 0 Å². The molecule has 0 atom stereocenters. The standard InChI is InChI=1S/C44H28N2O/c1-27-45-38-16-8-9-17-39(38)46(27)31-22-18-29(19-23-31)42-33-12-4-6-14-35(33)43(36-15-7-5-13-34(36)42)30-20-24-37-41(26-30)47-40-25-21-28-10-2-3-11-32(28)44(37)40/h2-26H,1H3. The lowest BCUT2D eigenvalue weighted by Gasteiger charge is -2.18. The van der Waals surface area contributed by atoms with Gasteiger partial charge in [-0.15, -0.1) is 0 Å². The number of furan rings is 1. The third-order valence-corrected chi connectivity index (χ3v) is 9.72. The van der Waals surface area contributed by atoms with Crippen molar-refractivity contribution in [3.8, 4) is 27.9 Å². The van der Waals surface area contributed by atoms with Gasteiger partial charge < -0.3 is 4.42 Å². The Kier molecular flexibility index (Phi) is 5.49. The minimum absolute atomic E-state index is 0.906. The monoisotopic (exact) mass is 600 g/mol. The molecule has 3 heteroatoms. The lowest BCUT2D eigenvalue weighted by Crippen LogP contribution is -1.97. The number of aryl methyl sites for hydroxylation is 1. The molecule has 0 spiro atoms. The van der Waals surface area contributed by atoms with E-state index in [0.29, 0.717) is 0 Å². The van der Waals surface area contributed by atoms with E-state index in [9.17, 15) is 0 Å². The highest BCUT2D eigenvalue weighted by atomic mass is 16.3. The maximum atomic E-state index is 6.51. The number of hydrogen-bond donors (Lipinski definition) is 0. The smallest absolute Gasteiger partial charge is 0.136 e. The average Bonchev–Trinajstić information content (AvgIpc) is 3.67. The van der Waals surface area contributed by atoms with E-state index >= 15 is 0 Å². The second-order valence-corrected chi connectivity index (χ2v) is 12.3. The number of fused-ring (bicyclic) bond motifs is 8. The molecule has 2 heterocycles. The first kappa shape index (κ1) is 26.1. The van der Waals surface area contributed by atoms with Crippen molar-refractivity contribution in [2.75, 3.05) is 0 Å². The number of benzene rings is 8. The molecule has 0 saturated carbocycles. The van der Waals surface area contributed by atoms with Gasteiger partial charge in [-0.2, -0.15) is 0 Å². The Hall–Kier alpha value is -6.19. The second-order valence-electron chi connectivity index (χ2n) is 12.3. The van der Waals surface area contributed by atoms with Gasteiger partial charge in [0.15, 0.2) is 0 Å². The van der Waals surface area contributed by atoms with E-state index < -0.39 is 0 Å². The molecule has 0 aliphatic rings. The van der Waals surface area contributed by atoms with Gasteiger partial charge in [-0.25, -0.2) is 4.98 Å². The Morgan fingerprint density at radius 1 is 0.489 bits per heavy atom. The second kappa shape index (κ2) is 9.90. The Balaban J connectivity index is 1.18. The van der Waals surface area contributed by atoms with Crippen LogP contribution in [0, 0.1) is 6.92 Å². The summed E-state index contributed by atoms with van der Waals surface area (Å²) in [5.74, 6) is 0.980. The molecule has 8 aromatic carbocycles.